The maximum Gasteiger partial charge on any atom is 0.330 e. The van der Waals surface area contributed by atoms with Crippen LogP contribution in [0.4, 0.5) is 5.95 Å². The summed E-state index contributed by atoms with van der Waals surface area (Å²) in [7, 11) is 1.59. The molecule has 0 fully saturated rings. The summed E-state index contributed by atoms with van der Waals surface area (Å²) in [4.78, 5) is 33.0. The lowest BCUT2D eigenvalue weighted by Gasteiger charge is -2.04. The van der Waals surface area contributed by atoms with Gasteiger partial charge < -0.3 is 20.1 Å². The molecule has 0 saturated carbocycles. The summed E-state index contributed by atoms with van der Waals surface area (Å²) in [5.41, 5.74) is -0.428. The first kappa shape index (κ1) is 15.3. The van der Waals surface area contributed by atoms with E-state index < -0.39 is 11.2 Å². The number of rotatable bonds is 8. The number of ether oxygens (including phenoxy) is 1. The van der Waals surface area contributed by atoms with Crippen LogP contribution in [0.3, 0.4) is 0 Å². The van der Waals surface area contributed by atoms with Gasteiger partial charge in [0.1, 0.15) is 0 Å². The molecular weight excluding hydrogens is 278 g/mol. The van der Waals surface area contributed by atoms with E-state index in [-0.39, 0.29) is 12.1 Å². The number of aryl methyl sites for hydroxylation is 1. The van der Waals surface area contributed by atoms with Gasteiger partial charge >= 0.3 is 5.69 Å². The maximum atomic E-state index is 11.9. The predicted molar refractivity (Wildman–Crippen MR) is 77.7 cm³/mol. The SMILES string of the molecule is COCCCn1c(=O)[nH]c(=O)c2[nH]c(NCCCO)nc21. The molecule has 2 aromatic rings. The number of aromatic nitrogens is 4. The highest BCUT2D eigenvalue weighted by Crippen LogP contribution is 2.09. The first-order valence-corrected chi connectivity index (χ1v) is 6.74. The molecule has 0 unspecified atom stereocenters. The monoisotopic (exact) mass is 297 g/mol. The van der Waals surface area contributed by atoms with Gasteiger partial charge in [0.05, 0.1) is 0 Å². The number of nitrogens with zero attached hydrogens (tertiary/aromatic N) is 2. The van der Waals surface area contributed by atoms with Gasteiger partial charge in [0.25, 0.3) is 5.56 Å². The van der Waals surface area contributed by atoms with E-state index in [1.54, 1.807) is 7.11 Å². The van der Waals surface area contributed by atoms with Crippen molar-refractivity contribution in [3.05, 3.63) is 20.8 Å². The van der Waals surface area contributed by atoms with Crippen molar-refractivity contribution in [3.63, 3.8) is 0 Å². The smallest absolute Gasteiger partial charge is 0.330 e. The molecule has 0 aromatic carbocycles. The van der Waals surface area contributed by atoms with Crippen molar-refractivity contribution in [3.8, 4) is 0 Å². The number of hydrogen-bond acceptors (Lipinski definition) is 6. The van der Waals surface area contributed by atoms with Crippen molar-refractivity contribution in [1.29, 1.82) is 0 Å². The Morgan fingerprint density at radius 2 is 2.14 bits per heavy atom. The van der Waals surface area contributed by atoms with Gasteiger partial charge in [-0.3, -0.25) is 14.3 Å². The lowest BCUT2D eigenvalue weighted by Crippen LogP contribution is -2.30. The fraction of sp³-hybridized carbons (Fsp3) is 0.583. The summed E-state index contributed by atoms with van der Waals surface area (Å²) < 4.78 is 6.36. The van der Waals surface area contributed by atoms with Crippen LogP contribution in [0.1, 0.15) is 12.8 Å². The summed E-state index contributed by atoms with van der Waals surface area (Å²) in [6.07, 6.45) is 1.20. The average Bonchev–Trinajstić information content (AvgIpc) is 2.87. The Balaban J connectivity index is 2.33. The molecule has 9 heteroatoms. The Kier molecular flexibility index (Phi) is 5.12. The highest BCUT2D eigenvalue weighted by atomic mass is 16.5. The van der Waals surface area contributed by atoms with Crippen molar-refractivity contribution >= 4 is 17.1 Å². The van der Waals surface area contributed by atoms with Gasteiger partial charge in [-0.15, -0.1) is 0 Å². The molecule has 2 aromatic heterocycles. The molecule has 0 radical (unpaired) electrons. The summed E-state index contributed by atoms with van der Waals surface area (Å²) in [6, 6.07) is 0. The van der Waals surface area contributed by atoms with E-state index in [9.17, 15) is 9.59 Å². The molecule has 0 aliphatic heterocycles. The van der Waals surface area contributed by atoms with Gasteiger partial charge in [0.15, 0.2) is 11.2 Å². The van der Waals surface area contributed by atoms with Gasteiger partial charge in [-0.25, -0.2) is 4.79 Å². The molecule has 0 bridgehead atoms. The molecular formula is C12H19N5O4. The van der Waals surface area contributed by atoms with Crippen LogP contribution in [-0.2, 0) is 11.3 Å². The zero-order valence-electron chi connectivity index (χ0n) is 11.8. The summed E-state index contributed by atoms with van der Waals surface area (Å²) >= 11 is 0. The number of nitrogens with one attached hydrogen (secondary N) is 3. The van der Waals surface area contributed by atoms with Crippen molar-refractivity contribution in [2.24, 2.45) is 0 Å². The molecule has 116 valence electrons. The van der Waals surface area contributed by atoms with Gasteiger partial charge in [-0.1, -0.05) is 0 Å². The molecule has 21 heavy (non-hydrogen) atoms. The van der Waals surface area contributed by atoms with E-state index in [0.29, 0.717) is 44.1 Å². The number of anilines is 1. The van der Waals surface area contributed by atoms with Crippen LogP contribution in [0, 0.1) is 0 Å². The summed E-state index contributed by atoms with van der Waals surface area (Å²) in [5.74, 6) is 0.398. The van der Waals surface area contributed by atoms with E-state index in [1.165, 1.54) is 4.57 Å². The molecule has 0 aliphatic carbocycles. The zero-order chi connectivity index (χ0) is 15.2. The molecule has 0 amide bonds. The third-order valence-electron chi connectivity index (χ3n) is 2.99. The summed E-state index contributed by atoms with van der Waals surface area (Å²) in [5, 5.41) is 11.7. The van der Waals surface area contributed by atoms with Crippen LogP contribution < -0.4 is 16.6 Å². The predicted octanol–water partition coefficient (Wildman–Crippen LogP) is -0.756. The third kappa shape index (κ3) is 3.50. The molecule has 0 atom stereocenters. The van der Waals surface area contributed by atoms with E-state index in [2.05, 4.69) is 20.3 Å². The minimum Gasteiger partial charge on any atom is -0.396 e. The highest BCUT2D eigenvalue weighted by Gasteiger charge is 2.12. The molecule has 0 spiro atoms. The zero-order valence-corrected chi connectivity index (χ0v) is 11.8. The molecule has 0 saturated heterocycles. The number of imidazole rings is 1. The van der Waals surface area contributed by atoms with Crippen LogP contribution in [-0.4, -0.2) is 51.5 Å². The average molecular weight is 297 g/mol. The molecule has 2 heterocycles. The number of methoxy groups -OCH3 is 1. The van der Waals surface area contributed by atoms with Gasteiger partial charge in [0.2, 0.25) is 5.95 Å². The van der Waals surface area contributed by atoms with Gasteiger partial charge in [-0.2, -0.15) is 4.98 Å². The molecule has 4 N–H and O–H groups in total. The normalized spacial score (nSPS) is 11.1. The second-order valence-electron chi connectivity index (χ2n) is 4.55. The first-order chi connectivity index (χ1) is 10.2. The van der Waals surface area contributed by atoms with Crippen molar-refractivity contribution in [1.82, 2.24) is 19.5 Å². The van der Waals surface area contributed by atoms with Crippen molar-refractivity contribution in [2.75, 3.05) is 32.2 Å². The van der Waals surface area contributed by atoms with Crippen LogP contribution >= 0.6 is 0 Å². The third-order valence-corrected chi connectivity index (χ3v) is 2.99. The number of aliphatic hydroxyl groups excluding tert-OH is 1. The second kappa shape index (κ2) is 7.04. The summed E-state index contributed by atoms with van der Waals surface area (Å²) in [6.45, 7) is 1.50. The Labute approximate surface area is 120 Å². The molecule has 0 aliphatic rings. The Hall–Kier alpha value is -2.13. The number of hydrogen-bond donors (Lipinski definition) is 4. The first-order valence-electron chi connectivity index (χ1n) is 6.74. The minimum absolute atomic E-state index is 0.0650. The largest absolute Gasteiger partial charge is 0.396 e. The maximum absolute atomic E-state index is 11.9. The second-order valence-corrected chi connectivity index (χ2v) is 4.55. The van der Waals surface area contributed by atoms with Crippen LogP contribution in [0.5, 0.6) is 0 Å². The van der Waals surface area contributed by atoms with E-state index in [0.717, 1.165) is 0 Å². The topological polar surface area (TPSA) is 125 Å². The van der Waals surface area contributed by atoms with Gasteiger partial charge in [0, 0.05) is 33.4 Å². The van der Waals surface area contributed by atoms with Crippen molar-refractivity contribution < 1.29 is 9.84 Å². The van der Waals surface area contributed by atoms with Crippen LogP contribution in [0.2, 0.25) is 0 Å². The lowest BCUT2D eigenvalue weighted by atomic mass is 10.4. The van der Waals surface area contributed by atoms with E-state index in [1.807, 2.05) is 0 Å². The van der Waals surface area contributed by atoms with E-state index in [4.69, 9.17) is 9.84 Å². The number of H-pyrrole nitrogens is 2. The number of fused-ring (bicyclic) bond motifs is 1. The number of aromatic amines is 2. The van der Waals surface area contributed by atoms with E-state index >= 15 is 0 Å². The Morgan fingerprint density at radius 3 is 2.86 bits per heavy atom. The minimum atomic E-state index is -0.499. The highest BCUT2D eigenvalue weighted by molar-refractivity contribution is 5.72. The van der Waals surface area contributed by atoms with Crippen LogP contribution in [0.25, 0.3) is 11.2 Å². The Morgan fingerprint density at radius 1 is 1.33 bits per heavy atom. The van der Waals surface area contributed by atoms with Crippen molar-refractivity contribution in [2.45, 2.75) is 19.4 Å². The fourth-order valence-corrected chi connectivity index (χ4v) is 1.98. The standard InChI is InChI=1S/C12H19N5O4/c1-21-7-3-5-17-9-8(10(19)16-12(17)20)14-11(15-9)13-4-2-6-18/h18H,2-7H2,1H3,(H2,13,14,15)(H,16,19,20). The Bertz CT molecular complexity index is 702. The van der Waals surface area contributed by atoms with Gasteiger partial charge in [-0.05, 0) is 12.8 Å². The number of aliphatic hydroxyl groups is 1. The molecule has 2 rings (SSSR count). The quantitative estimate of drug-likeness (QED) is 0.475. The molecule has 9 nitrogen and oxygen atoms in total. The fourth-order valence-electron chi connectivity index (χ4n) is 1.98. The van der Waals surface area contributed by atoms with Crippen LogP contribution in [0.15, 0.2) is 9.59 Å². The lowest BCUT2D eigenvalue weighted by molar-refractivity contribution is 0.190.